The fourth-order valence-electron chi connectivity index (χ4n) is 3.22. The van der Waals surface area contributed by atoms with Crippen molar-refractivity contribution in [2.24, 2.45) is 4.99 Å². The van der Waals surface area contributed by atoms with Crippen molar-refractivity contribution in [2.45, 2.75) is 19.9 Å². The van der Waals surface area contributed by atoms with Gasteiger partial charge in [0.2, 0.25) is 0 Å². The van der Waals surface area contributed by atoms with Gasteiger partial charge in [-0.3, -0.25) is 9.89 Å². The number of hydrogen-bond acceptors (Lipinski definition) is 4. The van der Waals surface area contributed by atoms with Crippen molar-refractivity contribution in [3.63, 3.8) is 0 Å². The predicted octanol–water partition coefficient (Wildman–Crippen LogP) is 2.81. The number of aliphatic imine (C=N–C) groups is 1. The van der Waals surface area contributed by atoms with Gasteiger partial charge >= 0.3 is 0 Å². The van der Waals surface area contributed by atoms with Crippen LogP contribution in [-0.4, -0.2) is 60.7 Å². The SMILES string of the molecule is CN=C(NCCc1cccc(F)c1F)N1CCN(Cc2cc(C)on2)CC1.I. The van der Waals surface area contributed by atoms with Crippen molar-refractivity contribution >= 4 is 29.9 Å². The Kier molecular flexibility index (Phi) is 8.61. The Balaban J connectivity index is 0.00000280. The van der Waals surface area contributed by atoms with E-state index in [1.165, 1.54) is 6.07 Å². The van der Waals surface area contributed by atoms with Gasteiger partial charge in [0.05, 0.1) is 5.69 Å². The minimum absolute atomic E-state index is 0. The van der Waals surface area contributed by atoms with Crippen LogP contribution in [-0.2, 0) is 13.0 Å². The summed E-state index contributed by atoms with van der Waals surface area (Å²) in [5, 5.41) is 7.28. The summed E-state index contributed by atoms with van der Waals surface area (Å²) in [7, 11) is 1.73. The molecule has 28 heavy (non-hydrogen) atoms. The molecule has 1 aliphatic rings. The topological polar surface area (TPSA) is 56.9 Å². The quantitative estimate of drug-likeness (QED) is 0.385. The van der Waals surface area contributed by atoms with Gasteiger partial charge in [-0.05, 0) is 25.0 Å². The van der Waals surface area contributed by atoms with Gasteiger partial charge in [-0.2, -0.15) is 0 Å². The third-order valence-electron chi connectivity index (χ3n) is 4.66. The number of hydrogen-bond donors (Lipinski definition) is 1. The van der Waals surface area contributed by atoms with Crippen molar-refractivity contribution in [1.29, 1.82) is 0 Å². The van der Waals surface area contributed by atoms with Crippen molar-refractivity contribution in [2.75, 3.05) is 39.8 Å². The highest BCUT2D eigenvalue weighted by Gasteiger charge is 2.20. The Bertz CT molecular complexity index is 790. The second kappa shape index (κ2) is 10.7. The fourth-order valence-corrected chi connectivity index (χ4v) is 3.22. The normalized spacial score (nSPS) is 15.4. The number of aryl methyl sites for hydroxylation is 1. The van der Waals surface area contributed by atoms with Gasteiger partial charge in [0.15, 0.2) is 17.6 Å². The molecule has 1 fully saturated rings. The van der Waals surface area contributed by atoms with E-state index in [4.69, 9.17) is 4.52 Å². The summed E-state index contributed by atoms with van der Waals surface area (Å²) in [6.45, 7) is 6.62. The average Bonchev–Trinajstić information content (AvgIpc) is 3.08. The molecule has 0 bridgehead atoms. The van der Waals surface area contributed by atoms with E-state index < -0.39 is 11.6 Å². The van der Waals surface area contributed by atoms with Gasteiger partial charge < -0.3 is 14.7 Å². The maximum Gasteiger partial charge on any atom is 0.193 e. The predicted molar refractivity (Wildman–Crippen MR) is 115 cm³/mol. The number of nitrogens with one attached hydrogen (secondary N) is 1. The molecule has 0 atom stereocenters. The van der Waals surface area contributed by atoms with Gasteiger partial charge in [-0.1, -0.05) is 17.3 Å². The largest absolute Gasteiger partial charge is 0.361 e. The Morgan fingerprint density at radius 3 is 2.64 bits per heavy atom. The average molecular weight is 505 g/mol. The van der Waals surface area contributed by atoms with Crippen LogP contribution in [0.1, 0.15) is 17.0 Å². The molecule has 0 radical (unpaired) electrons. The fraction of sp³-hybridized carbons (Fsp3) is 0.474. The van der Waals surface area contributed by atoms with E-state index in [0.717, 1.165) is 56.2 Å². The smallest absolute Gasteiger partial charge is 0.193 e. The molecular weight excluding hydrogens is 479 g/mol. The van der Waals surface area contributed by atoms with Crippen LogP contribution in [0.25, 0.3) is 0 Å². The standard InChI is InChI=1S/C19H25F2N5O.HI/c1-14-12-16(24-27-14)13-25-8-10-26(11-9-25)19(22-2)23-7-6-15-4-3-5-17(20)18(15)21;/h3-5,12H,6-11,13H2,1-2H3,(H,22,23);1H. The van der Waals surface area contributed by atoms with E-state index in [1.807, 2.05) is 13.0 Å². The lowest BCUT2D eigenvalue weighted by Gasteiger charge is -2.36. The summed E-state index contributed by atoms with van der Waals surface area (Å²) in [4.78, 5) is 8.81. The van der Waals surface area contributed by atoms with Crippen LogP contribution in [0.15, 0.2) is 33.8 Å². The van der Waals surface area contributed by atoms with E-state index in [0.29, 0.717) is 18.5 Å². The summed E-state index contributed by atoms with van der Waals surface area (Å²) in [6, 6.07) is 6.22. The molecule has 1 aromatic heterocycles. The second-order valence-corrected chi connectivity index (χ2v) is 6.63. The Morgan fingerprint density at radius 2 is 2.00 bits per heavy atom. The van der Waals surface area contributed by atoms with Crippen LogP contribution in [0.4, 0.5) is 8.78 Å². The molecule has 154 valence electrons. The lowest BCUT2D eigenvalue weighted by molar-refractivity contribution is 0.169. The molecule has 1 saturated heterocycles. The number of halogens is 3. The van der Waals surface area contributed by atoms with Crippen molar-refractivity contribution in [3.8, 4) is 0 Å². The number of benzene rings is 1. The van der Waals surface area contributed by atoms with Gasteiger partial charge in [-0.15, -0.1) is 24.0 Å². The van der Waals surface area contributed by atoms with Crippen LogP contribution in [0.3, 0.4) is 0 Å². The van der Waals surface area contributed by atoms with Crippen LogP contribution < -0.4 is 5.32 Å². The Morgan fingerprint density at radius 1 is 1.25 bits per heavy atom. The van der Waals surface area contributed by atoms with E-state index in [1.54, 1.807) is 13.1 Å². The van der Waals surface area contributed by atoms with Gasteiger partial charge in [0, 0.05) is 52.4 Å². The number of aromatic nitrogens is 1. The highest BCUT2D eigenvalue weighted by Crippen LogP contribution is 2.12. The highest BCUT2D eigenvalue weighted by molar-refractivity contribution is 14.0. The first-order valence-electron chi connectivity index (χ1n) is 9.10. The third-order valence-corrected chi connectivity index (χ3v) is 4.66. The molecule has 2 heterocycles. The molecule has 3 rings (SSSR count). The van der Waals surface area contributed by atoms with E-state index in [9.17, 15) is 8.78 Å². The maximum atomic E-state index is 13.7. The van der Waals surface area contributed by atoms with E-state index >= 15 is 0 Å². The molecule has 0 spiro atoms. The molecule has 9 heteroatoms. The highest BCUT2D eigenvalue weighted by atomic mass is 127. The van der Waals surface area contributed by atoms with Crippen LogP contribution in [0, 0.1) is 18.6 Å². The maximum absolute atomic E-state index is 13.7. The lowest BCUT2D eigenvalue weighted by Crippen LogP contribution is -2.52. The zero-order chi connectivity index (χ0) is 19.2. The number of nitrogens with zero attached hydrogens (tertiary/aromatic N) is 4. The minimum Gasteiger partial charge on any atom is -0.361 e. The molecule has 0 aliphatic carbocycles. The minimum atomic E-state index is -0.810. The third kappa shape index (κ3) is 5.87. The summed E-state index contributed by atoms with van der Waals surface area (Å²) >= 11 is 0. The van der Waals surface area contributed by atoms with E-state index in [2.05, 4.69) is 25.3 Å². The summed E-state index contributed by atoms with van der Waals surface area (Å²) in [6.07, 6.45) is 0.397. The van der Waals surface area contributed by atoms with Crippen molar-refractivity contribution in [3.05, 3.63) is 52.9 Å². The van der Waals surface area contributed by atoms with Crippen LogP contribution in [0.2, 0.25) is 0 Å². The molecule has 1 aromatic carbocycles. The number of rotatable bonds is 5. The molecule has 0 amide bonds. The molecule has 2 aromatic rings. The summed E-state index contributed by atoms with van der Waals surface area (Å²) < 4.78 is 32.1. The van der Waals surface area contributed by atoms with Gasteiger partial charge in [0.25, 0.3) is 0 Å². The Labute approximate surface area is 181 Å². The number of guanidine groups is 1. The first kappa shape index (κ1) is 22.5. The number of piperazine rings is 1. The zero-order valence-corrected chi connectivity index (χ0v) is 18.5. The molecule has 1 aliphatic heterocycles. The monoisotopic (exact) mass is 505 g/mol. The van der Waals surface area contributed by atoms with E-state index in [-0.39, 0.29) is 24.0 Å². The summed E-state index contributed by atoms with van der Waals surface area (Å²) in [5.74, 6) is 0.0213. The Hall–Kier alpha value is -1.75. The molecule has 0 unspecified atom stereocenters. The lowest BCUT2D eigenvalue weighted by atomic mass is 10.1. The van der Waals surface area contributed by atoms with Gasteiger partial charge in [-0.25, -0.2) is 8.78 Å². The molecule has 6 nitrogen and oxygen atoms in total. The van der Waals surface area contributed by atoms with Gasteiger partial charge in [0.1, 0.15) is 5.76 Å². The molecule has 1 N–H and O–H groups in total. The summed E-state index contributed by atoms with van der Waals surface area (Å²) in [5.41, 5.74) is 1.31. The first-order chi connectivity index (χ1) is 13.1. The van der Waals surface area contributed by atoms with Crippen molar-refractivity contribution in [1.82, 2.24) is 20.3 Å². The molecular formula is C19H26F2IN5O. The second-order valence-electron chi connectivity index (χ2n) is 6.63. The van der Waals surface area contributed by atoms with Crippen LogP contribution in [0.5, 0.6) is 0 Å². The zero-order valence-electron chi connectivity index (χ0n) is 16.1. The molecule has 0 saturated carbocycles. The van der Waals surface area contributed by atoms with Crippen molar-refractivity contribution < 1.29 is 13.3 Å². The van der Waals surface area contributed by atoms with Crippen LogP contribution >= 0.6 is 24.0 Å². The first-order valence-corrected chi connectivity index (χ1v) is 9.10.